The summed E-state index contributed by atoms with van der Waals surface area (Å²) in [6, 6.07) is 20.7. The van der Waals surface area contributed by atoms with Crippen molar-refractivity contribution in [3.05, 3.63) is 84.2 Å². The van der Waals surface area contributed by atoms with Crippen LogP contribution in [0.15, 0.2) is 78.0 Å². The molecule has 1 heterocycles. The summed E-state index contributed by atoms with van der Waals surface area (Å²) in [5.41, 5.74) is 4.39. The van der Waals surface area contributed by atoms with Gasteiger partial charge in [-0.1, -0.05) is 43.3 Å². The number of aromatic nitrogens is 2. The zero-order valence-corrected chi connectivity index (χ0v) is 13.0. The SMILES string of the molecule is CCc1cn(-c2ccccc2)c(=NC)[n+](-c2ccccc2)c1. The van der Waals surface area contributed by atoms with Gasteiger partial charge in [0.25, 0.3) is 0 Å². The molecular formula is C19H20N3+. The summed E-state index contributed by atoms with van der Waals surface area (Å²) in [4.78, 5) is 4.52. The van der Waals surface area contributed by atoms with Crippen molar-refractivity contribution < 1.29 is 4.57 Å². The molecule has 0 aliphatic heterocycles. The summed E-state index contributed by atoms with van der Waals surface area (Å²) in [6.07, 6.45) is 5.30. The van der Waals surface area contributed by atoms with Crippen molar-refractivity contribution in [3.63, 3.8) is 0 Å². The predicted molar refractivity (Wildman–Crippen MR) is 88.2 cm³/mol. The van der Waals surface area contributed by atoms with Gasteiger partial charge in [0.2, 0.25) is 0 Å². The second-order valence-corrected chi connectivity index (χ2v) is 5.12. The molecular weight excluding hydrogens is 270 g/mol. The molecule has 0 fully saturated rings. The minimum absolute atomic E-state index is 0.898. The van der Waals surface area contributed by atoms with Crippen molar-refractivity contribution in [1.82, 2.24) is 4.57 Å². The van der Waals surface area contributed by atoms with E-state index < -0.39 is 0 Å². The molecule has 0 spiro atoms. The summed E-state index contributed by atoms with van der Waals surface area (Å²) >= 11 is 0. The Labute approximate surface area is 130 Å². The molecule has 0 aliphatic rings. The largest absolute Gasteiger partial charge is 0.403 e. The third-order valence-electron chi connectivity index (χ3n) is 3.70. The summed E-state index contributed by atoms with van der Waals surface area (Å²) in [7, 11) is 1.83. The van der Waals surface area contributed by atoms with Crippen LogP contribution in [0.2, 0.25) is 0 Å². The standard InChI is InChI=1S/C19H20N3/c1-3-16-14-21(17-10-6-4-7-11-17)19(20-2)22(15-16)18-12-8-5-9-13-18/h4-15H,3H2,1-2H3/q+1. The van der Waals surface area contributed by atoms with E-state index in [1.54, 1.807) is 0 Å². The van der Waals surface area contributed by atoms with Crippen LogP contribution in [-0.2, 0) is 6.42 Å². The van der Waals surface area contributed by atoms with E-state index in [1.807, 2.05) is 43.4 Å². The van der Waals surface area contributed by atoms with E-state index in [2.05, 4.69) is 57.7 Å². The zero-order valence-electron chi connectivity index (χ0n) is 13.0. The fourth-order valence-corrected chi connectivity index (χ4v) is 2.55. The fraction of sp³-hybridized carbons (Fsp3) is 0.158. The summed E-state index contributed by atoms with van der Waals surface area (Å²) in [5.74, 6) is 0. The summed E-state index contributed by atoms with van der Waals surface area (Å²) < 4.78 is 4.29. The number of hydrogen-bond acceptors (Lipinski definition) is 1. The van der Waals surface area contributed by atoms with E-state index in [0.29, 0.717) is 0 Å². The number of nitrogens with zero attached hydrogens (tertiary/aromatic N) is 3. The number of aryl methyl sites for hydroxylation is 1. The highest BCUT2D eigenvalue weighted by Crippen LogP contribution is 2.06. The monoisotopic (exact) mass is 290 g/mol. The van der Waals surface area contributed by atoms with Gasteiger partial charge >= 0.3 is 5.62 Å². The molecule has 0 aliphatic carbocycles. The van der Waals surface area contributed by atoms with Crippen molar-refractivity contribution in [2.24, 2.45) is 4.99 Å². The average molecular weight is 290 g/mol. The Kier molecular flexibility index (Phi) is 4.15. The van der Waals surface area contributed by atoms with Crippen LogP contribution in [0.3, 0.4) is 0 Å². The van der Waals surface area contributed by atoms with Gasteiger partial charge in [0.15, 0.2) is 0 Å². The fourth-order valence-electron chi connectivity index (χ4n) is 2.55. The molecule has 22 heavy (non-hydrogen) atoms. The lowest BCUT2D eigenvalue weighted by molar-refractivity contribution is -0.619. The Hall–Kier alpha value is -2.68. The van der Waals surface area contributed by atoms with E-state index >= 15 is 0 Å². The number of benzene rings is 2. The number of para-hydroxylation sites is 2. The maximum Gasteiger partial charge on any atom is 0.403 e. The summed E-state index contributed by atoms with van der Waals surface area (Å²) in [6.45, 7) is 2.17. The normalized spacial score (nSPS) is 10.5. The Bertz CT molecular complexity index is 755. The lowest BCUT2D eigenvalue weighted by Crippen LogP contribution is -2.53. The Morgan fingerprint density at radius 1 is 0.955 bits per heavy atom. The first kappa shape index (κ1) is 14.3. The maximum absolute atomic E-state index is 4.52. The molecule has 0 N–H and O–H groups in total. The van der Waals surface area contributed by atoms with Crippen molar-refractivity contribution in [3.8, 4) is 11.4 Å². The van der Waals surface area contributed by atoms with Gasteiger partial charge in [0, 0.05) is 5.56 Å². The molecule has 3 aromatic rings. The quantitative estimate of drug-likeness (QED) is 0.662. The topological polar surface area (TPSA) is 21.2 Å². The van der Waals surface area contributed by atoms with Crippen LogP contribution in [0, 0.1) is 0 Å². The van der Waals surface area contributed by atoms with Gasteiger partial charge in [-0.05, 0) is 30.7 Å². The molecule has 110 valence electrons. The number of hydrogen-bond donors (Lipinski definition) is 0. The molecule has 0 saturated heterocycles. The first-order valence-electron chi connectivity index (χ1n) is 7.54. The molecule has 0 atom stereocenters. The third-order valence-corrected chi connectivity index (χ3v) is 3.70. The molecule has 0 unspecified atom stereocenters. The van der Waals surface area contributed by atoms with Gasteiger partial charge in [-0.15, -0.1) is 4.99 Å². The molecule has 0 bridgehead atoms. The molecule has 1 aromatic heterocycles. The summed E-state index contributed by atoms with van der Waals surface area (Å²) in [5, 5.41) is 0. The Morgan fingerprint density at radius 2 is 1.59 bits per heavy atom. The second-order valence-electron chi connectivity index (χ2n) is 5.12. The Balaban J connectivity index is 2.32. The molecule has 0 radical (unpaired) electrons. The van der Waals surface area contributed by atoms with Crippen molar-refractivity contribution in [2.45, 2.75) is 13.3 Å². The lowest BCUT2D eigenvalue weighted by atomic mass is 10.2. The van der Waals surface area contributed by atoms with E-state index in [4.69, 9.17) is 0 Å². The van der Waals surface area contributed by atoms with Crippen LogP contribution in [0.1, 0.15) is 12.5 Å². The molecule has 0 saturated carbocycles. The van der Waals surface area contributed by atoms with Crippen LogP contribution in [0.4, 0.5) is 0 Å². The molecule has 3 nitrogen and oxygen atoms in total. The van der Waals surface area contributed by atoms with Crippen molar-refractivity contribution in [2.75, 3.05) is 7.05 Å². The lowest BCUT2D eigenvalue weighted by Gasteiger charge is -2.09. The van der Waals surface area contributed by atoms with Gasteiger partial charge in [-0.3, -0.25) is 0 Å². The third kappa shape index (κ3) is 2.70. The van der Waals surface area contributed by atoms with Crippen molar-refractivity contribution >= 4 is 0 Å². The Morgan fingerprint density at radius 3 is 2.18 bits per heavy atom. The van der Waals surface area contributed by atoms with Crippen molar-refractivity contribution in [1.29, 1.82) is 0 Å². The van der Waals surface area contributed by atoms with Crippen LogP contribution in [0.5, 0.6) is 0 Å². The van der Waals surface area contributed by atoms with Gasteiger partial charge in [-0.2, -0.15) is 0 Å². The van der Waals surface area contributed by atoms with E-state index in [-0.39, 0.29) is 0 Å². The van der Waals surface area contributed by atoms with Crippen LogP contribution in [-0.4, -0.2) is 11.6 Å². The van der Waals surface area contributed by atoms with Crippen LogP contribution in [0.25, 0.3) is 11.4 Å². The van der Waals surface area contributed by atoms with Crippen LogP contribution >= 0.6 is 0 Å². The molecule has 3 rings (SSSR count). The van der Waals surface area contributed by atoms with E-state index in [0.717, 1.165) is 23.4 Å². The molecule has 2 aromatic carbocycles. The molecule has 3 heteroatoms. The first-order valence-corrected chi connectivity index (χ1v) is 7.54. The maximum atomic E-state index is 4.52. The van der Waals surface area contributed by atoms with Crippen LogP contribution < -0.4 is 10.2 Å². The van der Waals surface area contributed by atoms with E-state index in [1.165, 1.54) is 5.56 Å². The van der Waals surface area contributed by atoms with Gasteiger partial charge in [-0.25, -0.2) is 9.13 Å². The first-order chi connectivity index (χ1) is 10.8. The minimum Gasteiger partial charge on any atom is -0.202 e. The smallest absolute Gasteiger partial charge is 0.202 e. The second kappa shape index (κ2) is 6.39. The van der Waals surface area contributed by atoms with E-state index in [9.17, 15) is 0 Å². The average Bonchev–Trinajstić information content (AvgIpc) is 2.62. The van der Waals surface area contributed by atoms with Gasteiger partial charge in [0.1, 0.15) is 11.4 Å². The van der Waals surface area contributed by atoms with Gasteiger partial charge in [0.05, 0.1) is 19.4 Å². The molecule has 0 amide bonds. The predicted octanol–water partition coefficient (Wildman–Crippen LogP) is 2.85. The highest BCUT2D eigenvalue weighted by atomic mass is 15.2. The minimum atomic E-state index is 0.898. The highest BCUT2D eigenvalue weighted by Gasteiger charge is 2.13. The van der Waals surface area contributed by atoms with Gasteiger partial charge < -0.3 is 0 Å². The zero-order chi connectivity index (χ0) is 15.4. The number of rotatable bonds is 3. The highest BCUT2D eigenvalue weighted by molar-refractivity contribution is 5.31.